The van der Waals surface area contributed by atoms with E-state index in [9.17, 15) is 13.2 Å². The van der Waals surface area contributed by atoms with Crippen LogP contribution in [0.15, 0.2) is 30.3 Å². The van der Waals surface area contributed by atoms with E-state index in [2.05, 4.69) is 0 Å². The van der Waals surface area contributed by atoms with Crippen LogP contribution in [-0.4, -0.2) is 0 Å². The Morgan fingerprint density at radius 2 is 1.84 bits per heavy atom. The lowest BCUT2D eigenvalue weighted by atomic mass is 10.2. The molecule has 0 spiro atoms. The number of ether oxygens (including phenoxy) is 1. The molecule has 0 heterocycles. The third-order valence-corrected chi connectivity index (χ3v) is 2.55. The first kappa shape index (κ1) is 13.0. The Morgan fingerprint density at radius 3 is 2.53 bits per heavy atom. The first-order valence-corrected chi connectivity index (χ1v) is 5.35. The highest BCUT2D eigenvalue weighted by Gasteiger charge is 2.17. The van der Waals surface area contributed by atoms with Crippen LogP contribution in [0.1, 0.15) is 11.1 Å². The standard InChI is InChI=1S/C14H8F3NO/c1-8-12(6-11(15)14(17)13(8)16)19-10-4-2-3-9(5-10)7-18/h2-6H,1H3. The minimum Gasteiger partial charge on any atom is -0.457 e. The van der Waals surface area contributed by atoms with E-state index in [-0.39, 0.29) is 17.1 Å². The zero-order chi connectivity index (χ0) is 14.0. The maximum Gasteiger partial charge on any atom is 0.194 e. The van der Waals surface area contributed by atoms with Gasteiger partial charge in [0.25, 0.3) is 0 Å². The van der Waals surface area contributed by atoms with Crippen LogP contribution in [-0.2, 0) is 0 Å². The predicted octanol–water partition coefficient (Wildman–Crippen LogP) is 4.08. The molecule has 0 radical (unpaired) electrons. The number of halogens is 3. The Hall–Kier alpha value is -2.48. The van der Waals surface area contributed by atoms with Gasteiger partial charge in [0.2, 0.25) is 0 Å². The minimum atomic E-state index is -1.53. The smallest absolute Gasteiger partial charge is 0.194 e. The van der Waals surface area contributed by atoms with Gasteiger partial charge in [-0.05, 0) is 25.1 Å². The van der Waals surface area contributed by atoms with Crippen molar-refractivity contribution in [1.82, 2.24) is 0 Å². The Morgan fingerprint density at radius 1 is 1.11 bits per heavy atom. The summed E-state index contributed by atoms with van der Waals surface area (Å²) < 4.78 is 44.7. The third-order valence-electron chi connectivity index (χ3n) is 2.55. The zero-order valence-electron chi connectivity index (χ0n) is 9.88. The lowest BCUT2D eigenvalue weighted by molar-refractivity contribution is 0.417. The van der Waals surface area contributed by atoms with Gasteiger partial charge in [-0.1, -0.05) is 6.07 Å². The molecule has 0 aliphatic carbocycles. The highest BCUT2D eigenvalue weighted by molar-refractivity contribution is 5.42. The van der Waals surface area contributed by atoms with Gasteiger partial charge < -0.3 is 4.74 Å². The number of benzene rings is 2. The molecular weight excluding hydrogens is 255 g/mol. The van der Waals surface area contributed by atoms with Crippen LogP contribution in [0, 0.1) is 35.7 Å². The molecule has 0 atom stereocenters. The molecule has 0 saturated heterocycles. The second-order valence-electron chi connectivity index (χ2n) is 3.85. The first-order valence-electron chi connectivity index (χ1n) is 5.35. The molecule has 0 saturated carbocycles. The van der Waals surface area contributed by atoms with E-state index in [4.69, 9.17) is 10.00 Å². The first-order chi connectivity index (χ1) is 9.02. The number of rotatable bonds is 2. The molecule has 0 N–H and O–H groups in total. The summed E-state index contributed by atoms with van der Waals surface area (Å²) in [6, 6.07) is 8.75. The van der Waals surface area contributed by atoms with E-state index in [1.54, 1.807) is 12.1 Å². The molecule has 0 bridgehead atoms. The van der Waals surface area contributed by atoms with Crippen molar-refractivity contribution in [2.24, 2.45) is 0 Å². The van der Waals surface area contributed by atoms with Gasteiger partial charge in [0.05, 0.1) is 11.6 Å². The molecule has 0 amide bonds. The van der Waals surface area contributed by atoms with Crippen LogP contribution < -0.4 is 4.74 Å². The van der Waals surface area contributed by atoms with Gasteiger partial charge in [-0.25, -0.2) is 13.2 Å². The Balaban J connectivity index is 2.41. The van der Waals surface area contributed by atoms with Gasteiger partial charge in [0.15, 0.2) is 17.5 Å². The highest BCUT2D eigenvalue weighted by Crippen LogP contribution is 2.29. The van der Waals surface area contributed by atoms with Gasteiger partial charge >= 0.3 is 0 Å². The fourth-order valence-electron chi connectivity index (χ4n) is 1.53. The lowest BCUT2D eigenvalue weighted by Gasteiger charge is -2.10. The van der Waals surface area contributed by atoms with Crippen molar-refractivity contribution in [2.45, 2.75) is 6.92 Å². The summed E-state index contributed by atoms with van der Waals surface area (Å²) in [5.41, 5.74) is 0.208. The summed E-state index contributed by atoms with van der Waals surface area (Å²) >= 11 is 0. The average molecular weight is 263 g/mol. The highest BCUT2D eigenvalue weighted by atomic mass is 19.2. The van der Waals surface area contributed by atoms with Crippen LogP contribution in [0.2, 0.25) is 0 Å². The van der Waals surface area contributed by atoms with E-state index < -0.39 is 17.5 Å². The number of hydrogen-bond acceptors (Lipinski definition) is 2. The number of hydrogen-bond donors (Lipinski definition) is 0. The van der Waals surface area contributed by atoms with Crippen LogP contribution >= 0.6 is 0 Å². The lowest BCUT2D eigenvalue weighted by Crippen LogP contribution is -1.98. The minimum absolute atomic E-state index is 0.133. The van der Waals surface area contributed by atoms with Gasteiger partial charge in [-0.15, -0.1) is 0 Å². The van der Waals surface area contributed by atoms with Gasteiger partial charge in [-0.2, -0.15) is 5.26 Å². The normalized spacial score (nSPS) is 10.1. The van der Waals surface area contributed by atoms with E-state index in [0.717, 1.165) is 6.07 Å². The molecule has 0 aromatic heterocycles. The topological polar surface area (TPSA) is 33.0 Å². The molecular formula is C14H8F3NO. The van der Waals surface area contributed by atoms with E-state index in [1.165, 1.54) is 19.1 Å². The van der Waals surface area contributed by atoms with Crippen molar-refractivity contribution in [3.8, 4) is 17.6 Å². The van der Waals surface area contributed by atoms with Gasteiger partial charge in [-0.3, -0.25) is 0 Å². The van der Waals surface area contributed by atoms with E-state index in [0.29, 0.717) is 5.56 Å². The maximum atomic E-state index is 13.4. The average Bonchev–Trinajstić information content (AvgIpc) is 2.42. The van der Waals surface area contributed by atoms with Crippen LogP contribution in [0.4, 0.5) is 13.2 Å². The maximum absolute atomic E-state index is 13.4. The van der Waals surface area contributed by atoms with E-state index in [1.807, 2.05) is 6.07 Å². The molecule has 96 valence electrons. The van der Waals surface area contributed by atoms with Gasteiger partial charge in [0, 0.05) is 11.6 Å². The Bertz CT molecular complexity index is 677. The molecule has 0 aliphatic heterocycles. The van der Waals surface area contributed by atoms with Crippen molar-refractivity contribution in [3.63, 3.8) is 0 Å². The fourth-order valence-corrected chi connectivity index (χ4v) is 1.53. The fraction of sp³-hybridized carbons (Fsp3) is 0.0714. The second kappa shape index (κ2) is 5.02. The molecule has 5 heteroatoms. The SMILES string of the molecule is Cc1c(Oc2cccc(C#N)c2)cc(F)c(F)c1F. The molecule has 0 unspecified atom stereocenters. The van der Waals surface area contributed by atoms with Crippen LogP contribution in [0.5, 0.6) is 11.5 Å². The molecule has 0 fully saturated rings. The summed E-state index contributed by atoms with van der Waals surface area (Å²) in [4.78, 5) is 0. The number of nitrogens with zero attached hydrogens (tertiary/aromatic N) is 1. The summed E-state index contributed by atoms with van der Waals surface area (Å²) in [5, 5.41) is 8.73. The zero-order valence-corrected chi connectivity index (χ0v) is 9.88. The van der Waals surface area contributed by atoms with Crippen molar-refractivity contribution >= 4 is 0 Å². The third kappa shape index (κ3) is 2.52. The molecule has 2 aromatic carbocycles. The quantitative estimate of drug-likeness (QED) is 0.765. The van der Waals surface area contributed by atoms with Crippen LogP contribution in [0.3, 0.4) is 0 Å². The molecule has 2 nitrogen and oxygen atoms in total. The van der Waals surface area contributed by atoms with Crippen molar-refractivity contribution in [2.75, 3.05) is 0 Å². The number of nitriles is 1. The van der Waals surface area contributed by atoms with Gasteiger partial charge in [0.1, 0.15) is 11.5 Å². The summed E-state index contributed by atoms with van der Waals surface area (Å²) in [6.45, 7) is 1.28. The molecule has 19 heavy (non-hydrogen) atoms. The second-order valence-corrected chi connectivity index (χ2v) is 3.85. The largest absolute Gasteiger partial charge is 0.457 e. The Labute approximate surface area is 107 Å². The monoisotopic (exact) mass is 263 g/mol. The van der Waals surface area contributed by atoms with Crippen LogP contribution in [0.25, 0.3) is 0 Å². The van der Waals surface area contributed by atoms with Crippen molar-refractivity contribution in [1.29, 1.82) is 5.26 Å². The molecule has 2 aromatic rings. The summed E-state index contributed by atoms with van der Waals surface area (Å²) in [7, 11) is 0. The van der Waals surface area contributed by atoms with Crippen molar-refractivity contribution < 1.29 is 17.9 Å². The van der Waals surface area contributed by atoms with Crippen molar-refractivity contribution in [3.05, 3.63) is 58.9 Å². The molecule has 0 aliphatic rings. The summed E-state index contributed by atoms with van der Waals surface area (Å²) in [6.07, 6.45) is 0. The predicted molar refractivity (Wildman–Crippen MR) is 62.3 cm³/mol. The molecule has 2 rings (SSSR count). The summed E-state index contributed by atoms with van der Waals surface area (Å²) in [5.74, 6) is -4.03. The van der Waals surface area contributed by atoms with E-state index >= 15 is 0 Å². The Kier molecular flexibility index (Phi) is 3.43.